The van der Waals surface area contributed by atoms with E-state index in [4.69, 9.17) is 4.74 Å². The van der Waals surface area contributed by atoms with Gasteiger partial charge >= 0.3 is 6.03 Å². The van der Waals surface area contributed by atoms with Crippen LogP contribution in [0.1, 0.15) is 0 Å². The molecule has 0 radical (unpaired) electrons. The maximum absolute atomic E-state index is 13.0. The van der Waals surface area contributed by atoms with Crippen molar-refractivity contribution in [1.29, 1.82) is 0 Å². The van der Waals surface area contributed by atoms with Crippen molar-refractivity contribution in [2.24, 2.45) is 0 Å². The van der Waals surface area contributed by atoms with E-state index in [1.54, 1.807) is 37.4 Å². The Labute approximate surface area is 132 Å². The van der Waals surface area contributed by atoms with Crippen LogP contribution in [0.3, 0.4) is 0 Å². The fraction of sp³-hybridized carbons (Fsp3) is 0.125. The fourth-order valence-electron chi connectivity index (χ4n) is 1.78. The van der Waals surface area contributed by atoms with Gasteiger partial charge in [-0.1, -0.05) is 6.07 Å². The van der Waals surface area contributed by atoms with Gasteiger partial charge in [-0.25, -0.2) is 9.18 Å². The third-order valence-electron chi connectivity index (χ3n) is 2.87. The van der Waals surface area contributed by atoms with E-state index >= 15 is 0 Å². The highest BCUT2D eigenvalue weighted by Crippen LogP contribution is 2.14. The summed E-state index contributed by atoms with van der Waals surface area (Å²) in [5.74, 6) is -0.237. The standard InChI is InChI=1S/C16H16FN3O3/c1-23-14-7-5-12(6-8-14)20-16(22)18-10-15(21)19-13-4-2-3-11(17)9-13/h2-9H,10H2,1H3,(H,19,21)(H2,18,20,22). The topological polar surface area (TPSA) is 79.5 Å². The molecule has 2 aromatic rings. The lowest BCUT2D eigenvalue weighted by Gasteiger charge is -2.09. The summed E-state index contributed by atoms with van der Waals surface area (Å²) in [7, 11) is 1.55. The second-order valence-electron chi connectivity index (χ2n) is 4.59. The van der Waals surface area contributed by atoms with E-state index in [0.29, 0.717) is 17.1 Å². The van der Waals surface area contributed by atoms with Gasteiger partial charge in [-0.05, 0) is 42.5 Å². The lowest BCUT2D eigenvalue weighted by Crippen LogP contribution is -2.35. The van der Waals surface area contributed by atoms with Gasteiger partial charge in [-0.15, -0.1) is 0 Å². The number of ether oxygens (including phenoxy) is 1. The Morgan fingerprint density at radius 2 is 1.78 bits per heavy atom. The highest BCUT2D eigenvalue weighted by atomic mass is 19.1. The first-order valence-corrected chi connectivity index (χ1v) is 6.81. The summed E-state index contributed by atoms with van der Waals surface area (Å²) in [6.45, 7) is -0.238. The highest BCUT2D eigenvalue weighted by molar-refractivity contribution is 5.96. The average Bonchev–Trinajstić information content (AvgIpc) is 2.54. The summed E-state index contributed by atoms with van der Waals surface area (Å²) in [6.07, 6.45) is 0. The van der Waals surface area contributed by atoms with Crippen LogP contribution in [0.2, 0.25) is 0 Å². The molecule has 2 aromatic carbocycles. The van der Waals surface area contributed by atoms with Gasteiger partial charge in [0.1, 0.15) is 11.6 Å². The van der Waals surface area contributed by atoms with Crippen LogP contribution in [0.4, 0.5) is 20.6 Å². The molecule has 0 spiro atoms. The fourth-order valence-corrected chi connectivity index (χ4v) is 1.78. The number of hydrogen-bond donors (Lipinski definition) is 3. The number of carbonyl (C=O) groups is 2. The number of halogens is 1. The first kappa shape index (κ1) is 16.3. The zero-order chi connectivity index (χ0) is 16.7. The summed E-state index contributed by atoms with van der Waals surface area (Å²) in [5.41, 5.74) is 0.890. The number of urea groups is 1. The number of anilines is 2. The molecule has 3 N–H and O–H groups in total. The molecule has 7 heteroatoms. The molecule has 0 saturated heterocycles. The molecule has 6 nitrogen and oxygen atoms in total. The minimum atomic E-state index is -0.524. The Balaban J connectivity index is 1.78. The maximum Gasteiger partial charge on any atom is 0.319 e. The molecule has 0 aliphatic heterocycles. The number of nitrogens with one attached hydrogen (secondary N) is 3. The van der Waals surface area contributed by atoms with Gasteiger partial charge in [0.15, 0.2) is 0 Å². The Hall–Kier alpha value is -3.09. The predicted molar refractivity (Wildman–Crippen MR) is 85.0 cm³/mol. The van der Waals surface area contributed by atoms with Crippen LogP contribution in [0.5, 0.6) is 5.75 Å². The van der Waals surface area contributed by atoms with Crippen molar-refractivity contribution in [3.8, 4) is 5.75 Å². The normalized spacial score (nSPS) is 9.83. The van der Waals surface area contributed by atoms with Crippen molar-refractivity contribution in [1.82, 2.24) is 5.32 Å². The van der Waals surface area contributed by atoms with Crippen LogP contribution in [0.25, 0.3) is 0 Å². The zero-order valence-electron chi connectivity index (χ0n) is 12.4. The third kappa shape index (κ3) is 5.31. The lowest BCUT2D eigenvalue weighted by molar-refractivity contribution is -0.115. The van der Waals surface area contributed by atoms with E-state index < -0.39 is 17.8 Å². The Bertz CT molecular complexity index is 689. The largest absolute Gasteiger partial charge is 0.497 e. The van der Waals surface area contributed by atoms with Gasteiger partial charge in [-0.3, -0.25) is 4.79 Å². The summed E-state index contributed by atoms with van der Waals surface area (Å²) < 4.78 is 18.0. The molecule has 0 bridgehead atoms. The van der Waals surface area contributed by atoms with Crippen molar-refractivity contribution in [3.05, 3.63) is 54.3 Å². The third-order valence-corrected chi connectivity index (χ3v) is 2.87. The van der Waals surface area contributed by atoms with Crippen LogP contribution in [-0.2, 0) is 4.79 Å². The van der Waals surface area contributed by atoms with E-state index in [9.17, 15) is 14.0 Å². The van der Waals surface area contributed by atoms with E-state index in [2.05, 4.69) is 16.0 Å². The minimum Gasteiger partial charge on any atom is -0.497 e. The van der Waals surface area contributed by atoms with Gasteiger partial charge in [-0.2, -0.15) is 0 Å². The average molecular weight is 317 g/mol. The number of amides is 3. The molecule has 2 rings (SSSR count). The lowest BCUT2D eigenvalue weighted by atomic mass is 10.3. The van der Waals surface area contributed by atoms with Crippen LogP contribution >= 0.6 is 0 Å². The molecule has 3 amide bonds. The SMILES string of the molecule is COc1ccc(NC(=O)NCC(=O)Nc2cccc(F)c2)cc1. The summed E-state index contributed by atoms with van der Waals surface area (Å²) in [5, 5.41) is 7.46. The van der Waals surface area contributed by atoms with E-state index in [-0.39, 0.29) is 6.54 Å². The van der Waals surface area contributed by atoms with Gasteiger partial charge in [0, 0.05) is 11.4 Å². The van der Waals surface area contributed by atoms with E-state index in [0.717, 1.165) is 0 Å². The molecular formula is C16H16FN3O3. The summed E-state index contributed by atoms with van der Waals surface area (Å²) >= 11 is 0. The van der Waals surface area contributed by atoms with Crippen molar-refractivity contribution in [2.45, 2.75) is 0 Å². The van der Waals surface area contributed by atoms with Crippen molar-refractivity contribution in [3.63, 3.8) is 0 Å². The molecule has 23 heavy (non-hydrogen) atoms. The Kier molecular flexibility index (Phi) is 5.51. The summed E-state index contributed by atoms with van der Waals surface area (Å²) in [4.78, 5) is 23.4. The number of benzene rings is 2. The molecule has 120 valence electrons. The molecular weight excluding hydrogens is 301 g/mol. The molecule has 0 aromatic heterocycles. The van der Waals surface area contributed by atoms with Gasteiger partial charge in [0.05, 0.1) is 13.7 Å². The second-order valence-corrected chi connectivity index (χ2v) is 4.59. The van der Waals surface area contributed by atoms with Crippen molar-refractivity contribution < 1.29 is 18.7 Å². The van der Waals surface area contributed by atoms with Gasteiger partial charge in [0.25, 0.3) is 0 Å². The van der Waals surface area contributed by atoms with Crippen LogP contribution in [0.15, 0.2) is 48.5 Å². The Morgan fingerprint density at radius 1 is 1.04 bits per heavy atom. The monoisotopic (exact) mass is 317 g/mol. The molecule has 0 saturated carbocycles. The van der Waals surface area contributed by atoms with Crippen molar-refractivity contribution in [2.75, 3.05) is 24.3 Å². The zero-order valence-corrected chi connectivity index (χ0v) is 12.4. The van der Waals surface area contributed by atoms with E-state index in [1.165, 1.54) is 18.2 Å². The minimum absolute atomic E-state index is 0.238. The summed E-state index contributed by atoms with van der Waals surface area (Å²) in [6, 6.07) is 11.7. The molecule has 0 aliphatic rings. The smallest absolute Gasteiger partial charge is 0.319 e. The first-order valence-electron chi connectivity index (χ1n) is 6.81. The number of rotatable bonds is 5. The van der Waals surface area contributed by atoms with E-state index in [1.807, 2.05) is 0 Å². The second kappa shape index (κ2) is 7.79. The van der Waals surface area contributed by atoms with Crippen LogP contribution < -0.4 is 20.7 Å². The Morgan fingerprint density at radius 3 is 2.43 bits per heavy atom. The van der Waals surface area contributed by atoms with Gasteiger partial charge in [0.2, 0.25) is 5.91 Å². The predicted octanol–water partition coefficient (Wildman–Crippen LogP) is 2.59. The molecule has 0 heterocycles. The van der Waals surface area contributed by atoms with Crippen LogP contribution in [-0.4, -0.2) is 25.6 Å². The first-order chi connectivity index (χ1) is 11.1. The molecule has 0 unspecified atom stereocenters. The molecule has 0 fully saturated rings. The maximum atomic E-state index is 13.0. The number of methoxy groups -OCH3 is 1. The quantitative estimate of drug-likeness (QED) is 0.793. The van der Waals surface area contributed by atoms with Crippen LogP contribution in [0, 0.1) is 5.82 Å². The number of hydrogen-bond acceptors (Lipinski definition) is 3. The highest BCUT2D eigenvalue weighted by Gasteiger charge is 2.06. The van der Waals surface area contributed by atoms with Gasteiger partial charge < -0.3 is 20.7 Å². The number of carbonyl (C=O) groups excluding carboxylic acids is 2. The molecule has 0 atom stereocenters. The molecule has 0 aliphatic carbocycles. The van der Waals surface area contributed by atoms with Crippen molar-refractivity contribution >= 4 is 23.3 Å².